The number of ether oxygens (including phenoxy) is 1. The number of likely N-dealkylation sites (tertiary alicyclic amines) is 1. The topological polar surface area (TPSA) is 72.6 Å². The van der Waals surface area contributed by atoms with Crippen LogP contribution in [0.2, 0.25) is 0 Å². The molecule has 0 aromatic carbocycles. The summed E-state index contributed by atoms with van der Waals surface area (Å²) in [7, 11) is 0. The number of rotatable bonds is 2. The minimum atomic E-state index is -0.521. The second kappa shape index (κ2) is 3.53. The maximum Gasteiger partial charge on any atom is 0.259 e. The summed E-state index contributed by atoms with van der Waals surface area (Å²) in [5.74, 6) is -0.622. The molecule has 2 amide bonds. The molecule has 0 spiro atoms. The van der Waals surface area contributed by atoms with Gasteiger partial charge in [-0.1, -0.05) is 12.2 Å². The zero-order valence-electron chi connectivity index (χ0n) is 8.30. The van der Waals surface area contributed by atoms with Gasteiger partial charge in [0, 0.05) is 0 Å². The van der Waals surface area contributed by atoms with Gasteiger partial charge in [-0.2, -0.15) is 0 Å². The van der Waals surface area contributed by atoms with Gasteiger partial charge in [0.2, 0.25) is 0 Å². The molecule has 2 saturated heterocycles. The molecule has 2 rings (SSSR count). The Morgan fingerprint density at radius 1 is 1.47 bits per heavy atom. The minimum absolute atomic E-state index is 0.151. The molecular weight excluding hydrogens is 216 g/mol. The lowest BCUT2D eigenvalue weighted by Crippen LogP contribution is -2.57. The second-order valence-corrected chi connectivity index (χ2v) is 4.29. The van der Waals surface area contributed by atoms with E-state index in [0.29, 0.717) is 12.8 Å². The van der Waals surface area contributed by atoms with Gasteiger partial charge in [-0.15, -0.1) is 0 Å². The van der Waals surface area contributed by atoms with Crippen molar-refractivity contribution < 1.29 is 14.3 Å². The number of carbonyl (C=O) groups is 2. The third-order valence-electron chi connectivity index (χ3n) is 2.84. The van der Waals surface area contributed by atoms with Crippen LogP contribution in [0, 0.1) is 0 Å². The van der Waals surface area contributed by atoms with Crippen molar-refractivity contribution in [2.45, 2.75) is 38.0 Å². The van der Waals surface area contributed by atoms with E-state index in [2.05, 4.69) is 0 Å². The van der Waals surface area contributed by atoms with Crippen molar-refractivity contribution in [1.29, 1.82) is 0 Å². The maximum absolute atomic E-state index is 11.8. The van der Waals surface area contributed by atoms with Gasteiger partial charge < -0.3 is 10.5 Å². The van der Waals surface area contributed by atoms with E-state index in [9.17, 15) is 9.59 Å². The lowest BCUT2D eigenvalue weighted by atomic mass is 10.2. The van der Waals surface area contributed by atoms with E-state index in [1.54, 1.807) is 6.92 Å². The monoisotopic (exact) mass is 228 g/mol. The highest BCUT2D eigenvalue weighted by atomic mass is 32.1. The molecular formula is C9H12N2O3S. The van der Waals surface area contributed by atoms with Crippen LogP contribution in [0.1, 0.15) is 19.8 Å². The van der Waals surface area contributed by atoms with Gasteiger partial charge in [0.25, 0.3) is 11.8 Å². The molecule has 0 aromatic rings. The molecule has 3 unspecified atom stereocenters. The average molecular weight is 228 g/mol. The fourth-order valence-corrected chi connectivity index (χ4v) is 2.03. The Labute approximate surface area is 92.5 Å². The highest BCUT2D eigenvalue weighted by Crippen LogP contribution is 2.29. The number of amides is 2. The van der Waals surface area contributed by atoms with E-state index in [1.807, 2.05) is 0 Å². The highest BCUT2D eigenvalue weighted by Gasteiger charge is 2.48. The normalized spacial score (nSPS) is 31.9. The summed E-state index contributed by atoms with van der Waals surface area (Å²) in [6, 6.07) is -0.521. The van der Waals surface area contributed by atoms with Crippen molar-refractivity contribution in [3.8, 4) is 0 Å². The molecule has 2 N–H and O–H groups in total. The maximum atomic E-state index is 11.8. The van der Waals surface area contributed by atoms with Crippen LogP contribution in [-0.2, 0) is 14.3 Å². The number of nitrogens with two attached hydrogens (primary N) is 1. The van der Waals surface area contributed by atoms with Crippen LogP contribution in [-0.4, -0.2) is 40.0 Å². The average Bonchev–Trinajstić information content (AvgIpc) is 2.61. The summed E-state index contributed by atoms with van der Waals surface area (Å²) in [4.78, 5) is 24.9. The van der Waals surface area contributed by atoms with Gasteiger partial charge in [0.1, 0.15) is 12.2 Å². The SMILES string of the molecule is CC(C(N)=S)N1C(=O)C2CCC(O2)C1=O. The molecule has 82 valence electrons. The Morgan fingerprint density at radius 3 is 2.33 bits per heavy atom. The van der Waals surface area contributed by atoms with Gasteiger partial charge in [-0.25, -0.2) is 0 Å². The molecule has 0 aromatic heterocycles. The quantitative estimate of drug-likeness (QED) is 0.513. The first-order valence-electron chi connectivity index (χ1n) is 4.84. The van der Waals surface area contributed by atoms with Gasteiger partial charge in [0.15, 0.2) is 0 Å². The lowest BCUT2D eigenvalue weighted by Gasteiger charge is -2.33. The molecule has 15 heavy (non-hydrogen) atoms. The number of hydrogen-bond acceptors (Lipinski definition) is 4. The molecule has 6 heteroatoms. The molecule has 3 atom stereocenters. The summed E-state index contributed by atoms with van der Waals surface area (Å²) in [5.41, 5.74) is 5.45. The smallest absolute Gasteiger partial charge is 0.259 e. The summed E-state index contributed by atoms with van der Waals surface area (Å²) >= 11 is 4.79. The van der Waals surface area contributed by atoms with Gasteiger partial charge in [-0.3, -0.25) is 14.5 Å². The number of morpholine rings is 1. The molecule has 2 heterocycles. The standard InChI is InChI=1S/C9H12N2O3S/c1-4(7(10)15)11-8(12)5-2-3-6(14-5)9(11)13/h4-6H,2-3H2,1H3,(H2,10,15). The number of hydrogen-bond donors (Lipinski definition) is 1. The number of imide groups is 1. The zero-order valence-corrected chi connectivity index (χ0v) is 9.12. The van der Waals surface area contributed by atoms with Crippen molar-refractivity contribution in [3.05, 3.63) is 0 Å². The predicted octanol–water partition coefficient (Wildman–Crippen LogP) is -0.423. The zero-order chi connectivity index (χ0) is 11.2. The highest BCUT2D eigenvalue weighted by molar-refractivity contribution is 7.80. The van der Waals surface area contributed by atoms with Gasteiger partial charge in [-0.05, 0) is 19.8 Å². The number of carbonyl (C=O) groups excluding carboxylic acids is 2. The molecule has 2 aliphatic rings. The predicted molar refractivity (Wildman–Crippen MR) is 56.0 cm³/mol. The first kappa shape index (κ1) is 10.5. The van der Waals surface area contributed by atoms with E-state index in [4.69, 9.17) is 22.7 Å². The largest absolute Gasteiger partial charge is 0.392 e. The number of fused-ring (bicyclic) bond motifs is 2. The van der Waals surface area contributed by atoms with E-state index < -0.39 is 18.2 Å². The summed E-state index contributed by atoms with van der Waals surface area (Å²) < 4.78 is 5.26. The molecule has 0 saturated carbocycles. The second-order valence-electron chi connectivity index (χ2n) is 3.82. The van der Waals surface area contributed by atoms with Crippen LogP contribution in [0.25, 0.3) is 0 Å². The Bertz CT molecular complexity index is 322. The fraction of sp³-hybridized carbons (Fsp3) is 0.667. The Morgan fingerprint density at radius 2 is 1.93 bits per heavy atom. The van der Waals surface area contributed by atoms with E-state index in [1.165, 1.54) is 0 Å². The van der Waals surface area contributed by atoms with Crippen LogP contribution in [0.5, 0.6) is 0 Å². The van der Waals surface area contributed by atoms with Crippen LogP contribution in [0.3, 0.4) is 0 Å². The van der Waals surface area contributed by atoms with Gasteiger partial charge in [0.05, 0.1) is 11.0 Å². The molecule has 2 bridgehead atoms. The third-order valence-corrected chi connectivity index (χ3v) is 3.19. The van der Waals surface area contributed by atoms with E-state index in [-0.39, 0.29) is 16.8 Å². The molecule has 2 aliphatic heterocycles. The first-order chi connectivity index (χ1) is 7.02. The van der Waals surface area contributed by atoms with E-state index >= 15 is 0 Å². The van der Waals surface area contributed by atoms with Crippen molar-refractivity contribution in [3.63, 3.8) is 0 Å². The summed E-state index contributed by atoms with van der Waals surface area (Å²) in [6.07, 6.45) is 0.250. The Balaban J connectivity index is 2.27. The van der Waals surface area contributed by atoms with Crippen molar-refractivity contribution in [2.75, 3.05) is 0 Å². The lowest BCUT2D eigenvalue weighted by molar-refractivity contribution is -0.169. The summed E-state index contributed by atoms with van der Waals surface area (Å²) in [5, 5.41) is 0. The van der Waals surface area contributed by atoms with Crippen molar-refractivity contribution in [1.82, 2.24) is 4.90 Å². The van der Waals surface area contributed by atoms with Crippen LogP contribution in [0.15, 0.2) is 0 Å². The Hall–Kier alpha value is -1.01. The summed E-state index contributed by atoms with van der Waals surface area (Å²) in [6.45, 7) is 1.66. The molecule has 0 radical (unpaired) electrons. The fourth-order valence-electron chi connectivity index (χ4n) is 1.93. The third kappa shape index (κ3) is 1.53. The van der Waals surface area contributed by atoms with Crippen molar-refractivity contribution in [2.24, 2.45) is 5.73 Å². The van der Waals surface area contributed by atoms with Crippen LogP contribution >= 0.6 is 12.2 Å². The van der Waals surface area contributed by atoms with Crippen LogP contribution in [0.4, 0.5) is 0 Å². The van der Waals surface area contributed by atoms with E-state index in [0.717, 1.165) is 4.90 Å². The first-order valence-corrected chi connectivity index (χ1v) is 5.25. The van der Waals surface area contributed by atoms with Crippen molar-refractivity contribution >= 4 is 29.0 Å². The Kier molecular flexibility index (Phi) is 2.47. The molecule has 2 fully saturated rings. The van der Waals surface area contributed by atoms with Crippen LogP contribution < -0.4 is 5.73 Å². The van der Waals surface area contributed by atoms with Gasteiger partial charge >= 0.3 is 0 Å². The molecule has 5 nitrogen and oxygen atoms in total. The number of nitrogens with zero attached hydrogens (tertiary/aromatic N) is 1. The minimum Gasteiger partial charge on any atom is -0.392 e. The molecule has 0 aliphatic carbocycles. The number of thiocarbonyl (C=S) groups is 1.